The minimum atomic E-state index is -0.918. The van der Waals surface area contributed by atoms with E-state index in [1.54, 1.807) is 25.1 Å². The van der Waals surface area contributed by atoms with Gasteiger partial charge in [0.25, 0.3) is 0 Å². The van der Waals surface area contributed by atoms with E-state index in [-0.39, 0.29) is 17.1 Å². The third-order valence-electron chi connectivity index (χ3n) is 6.11. The van der Waals surface area contributed by atoms with Gasteiger partial charge in [0.05, 0.1) is 10.9 Å². The number of aromatic hydroxyl groups is 1. The number of rotatable bonds is 4. The number of carboxylic acid groups (broad SMARTS) is 1. The van der Waals surface area contributed by atoms with Gasteiger partial charge in [-0.2, -0.15) is 0 Å². The van der Waals surface area contributed by atoms with Crippen LogP contribution in [0, 0.1) is 13.8 Å². The van der Waals surface area contributed by atoms with Crippen LogP contribution in [-0.2, 0) is 6.54 Å². The van der Waals surface area contributed by atoms with Crippen LogP contribution in [-0.4, -0.2) is 34.2 Å². The second-order valence-corrected chi connectivity index (χ2v) is 8.06. The number of aromatic carboxylic acids is 1. The average molecular weight is 407 g/mol. The number of likely N-dealkylation sites (tertiary alicyclic amines) is 1. The smallest absolute Gasteiger partial charge is 0.335 e. The van der Waals surface area contributed by atoms with E-state index in [9.17, 15) is 14.7 Å². The molecule has 0 spiro atoms. The molecule has 0 radical (unpaired) electrons. The molecule has 0 unspecified atom stereocenters. The van der Waals surface area contributed by atoms with Crippen LogP contribution in [0.4, 0.5) is 0 Å². The van der Waals surface area contributed by atoms with Gasteiger partial charge in [-0.1, -0.05) is 12.1 Å². The second-order valence-electron chi connectivity index (χ2n) is 8.06. The molecule has 2 N–H and O–H groups in total. The monoisotopic (exact) mass is 407 g/mol. The van der Waals surface area contributed by atoms with Gasteiger partial charge in [-0.3, -0.25) is 9.69 Å². The summed E-state index contributed by atoms with van der Waals surface area (Å²) < 4.78 is 6.18. The molecule has 2 aromatic carbocycles. The molecule has 1 saturated heterocycles. The van der Waals surface area contributed by atoms with Gasteiger partial charge in [-0.15, -0.1) is 0 Å². The van der Waals surface area contributed by atoms with Crippen molar-refractivity contribution in [2.45, 2.75) is 39.2 Å². The van der Waals surface area contributed by atoms with Crippen molar-refractivity contribution in [1.82, 2.24) is 4.90 Å². The third kappa shape index (κ3) is 3.71. The Hall–Kier alpha value is -3.12. The molecule has 30 heavy (non-hydrogen) atoms. The first kappa shape index (κ1) is 20.2. The minimum Gasteiger partial charge on any atom is -0.508 e. The molecular weight excluding hydrogens is 382 g/mol. The Morgan fingerprint density at radius 3 is 2.37 bits per heavy atom. The second kappa shape index (κ2) is 7.95. The van der Waals surface area contributed by atoms with E-state index < -0.39 is 5.97 Å². The lowest BCUT2D eigenvalue weighted by Crippen LogP contribution is -2.33. The van der Waals surface area contributed by atoms with Gasteiger partial charge < -0.3 is 14.6 Å². The molecule has 0 atom stereocenters. The highest BCUT2D eigenvalue weighted by Gasteiger charge is 2.26. The number of carbonyl (C=O) groups is 1. The largest absolute Gasteiger partial charge is 0.508 e. The van der Waals surface area contributed by atoms with Crippen molar-refractivity contribution in [2.75, 3.05) is 13.1 Å². The van der Waals surface area contributed by atoms with Crippen molar-refractivity contribution >= 4 is 16.9 Å². The number of fused-ring (bicyclic) bond motifs is 1. The first-order valence-corrected chi connectivity index (χ1v) is 10.2. The SMILES string of the molecule is Cc1c(C2CCN(Cc3ccc(C(=O)O)cc3)CC2)oc2c(C)c(O)ccc2c1=O. The summed E-state index contributed by atoms with van der Waals surface area (Å²) in [5.74, 6) is 0.100. The van der Waals surface area contributed by atoms with Gasteiger partial charge in [0.15, 0.2) is 5.43 Å². The summed E-state index contributed by atoms with van der Waals surface area (Å²) in [5.41, 5.74) is 3.05. The fraction of sp³-hybridized carbons (Fsp3) is 0.333. The normalized spacial score (nSPS) is 15.5. The van der Waals surface area contributed by atoms with E-state index in [1.807, 2.05) is 19.1 Å². The molecule has 6 heteroatoms. The molecular formula is C24H25NO5. The number of piperidine rings is 1. The molecule has 1 aromatic heterocycles. The van der Waals surface area contributed by atoms with E-state index in [4.69, 9.17) is 9.52 Å². The zero-order valence-electron chi connectivity index (χ0n) is 17.1. The minimum absolute atomic E-state index is 0.0321. The maximum absolute atomic E-state index is 12.8. The summed E-state index contributed by atoms with van der Waals surface area (Å²) in [6.45, 7) is 6.08. The van der Waals surface area contributed by atoms with E-state index in [0.717, 1.165) is 43.8 Å². The Kier molecular flexibility index (Phi) is 5.35. The van der Waals surface area contributed by atoms with Gasteiger partial charge in [0.1, 0.15) is 17.1 Å². The predicted molar refractivity (Wildman–Crippen MR) is 114 cm³/mol. The zero-order valence-corrected chi connectivity index (χ0v) is 17.1. The number of phenols is 1. The van der Waals surface area contributed by atoms with Crippen molar-refractivity contribution < 1.29 is 19.4 Å². The van der Waals surface area contributed by atoms with Crippen molar-refractivity contribution in [2.24, 2.45) is 0 Å². The standard InChI is InChI=1S/C24H25NO5/c1-14-20(26)8-7-19-21(27)15(2)22(30-23(14)19)17-9-11-25(12-10-17)13-16-3-5-18(6-4-16)24(28)29/h3-8,17,26H,9-13H2,1-2H3,(H,28,29). The number of hydrogen-bond acceptors (Lipinski definition) is 5. The zero-order chi connectivity index (χ0) is 21.4. The quantitative estimate of drug-likeness (QED) is 0.674. The maximum Gasteiger partial charge on any atom is 0.335 e. The number of benzene rings is 2. The summed E-state index contributed by atoms with van der Waals surface area (Å²) in [5, 5.41) is 19.5. The highest BCUT2D eigenvalue weighted by atomic mass is 16.4. The molecule has 6 nitrogen and oxygen atoms in total. The van der Waals surface area contributed by atoms with E-state index in [1.165, 1.54) is 6.07 Å². The van der Waals surface area contributed by atoms with Crippen molar-refractivity contribution in [1.29, 1.82) is 0 Å². The predicted octanol–water partition coefficient (Wildman–Crippen LogP) is 4.19. The van der Waals surface area contributed by atoms with Crippen LogP contribution in [0.5, 0.6) is 5.75 Å². The van der Waals surface area contributed by atoms with Gasteiger partial charge in [0.2, 0.25) is 0 Å². The van der Waals surface area contributed by atoms with Crippen LogP contribution < -0.4 is 5.43 Å². The maximum atomic E-state index is 12.8. The van der Waals surface area contributed by atoms with Crippen LogP contribution in [0.1, 0.15) is 51.6 Å². The molecule has 0 bridgehead atoms. The van der Waals surface area contributed by atoms with Crippen LogP contribution >= 0.6 is 0 Å². The molecule has 4 rings (SSSR count). The Bertz CT molecular complexity index is 1150. The molecule has 0 aliphatic carbocycles. The van der Waals surface area contributed by atoms with Gasteiger partial charge in [0, 0.05) is 23.6 Å². The molecule has 1 fully saturated rings. The van der Waals surface area contributed by atoms with Gasteiger partial charge >= 0.3 is 5.97 Å². The molecule has 0 amide bonds. The Balaban J connectivity index is 1.50. The van der Waals surface area contributed by atoms with Crippen LogP contribution in [0.25, 0.3) is 11.0 Å². The molecule has 1 aliphatic rings. The lowest BCUT2D eigenvalue weighted by atomic mass is 9.91. The Morgan fingerprint density at radius 1 is 1.07 bits per heavy atom. The summed E-state index contributed by atoms with van der Waals surface area (Å²) in [6.07, 6.45) is 1.75. The van der Waals surface area contributed by atoms with E-state index in [2.05, 4.69) is 4.90 Å². The number of aryl methyl sites for hydroxylation is 1. The fourth-order valence-corrected chi connectivity index (χ4v) is 4.25. The Morgan fingerprint density at radius 2 is 1.73 bits per heavy atom. The third-order valence-corrected chi connectivity index (χ3v) is 6.11. The number of nitrogens with zero attached hydrogens (tertiary/aromatic N) is 1. The lowest BCUT2D eigenvalue weighted by molar-refractivity contribution is 0.0697. The first-order chi connectivity index (χ1) is 14.3. The fourth-order valence-electron chi connectivity index (χ4n) is 4.25. The highest BCUT2D eigenvalue weighted by Crippen LogP contribution is 2.33. The molecule has 0 saturated carbocycles. The van der Waals surface area contributed by atoms with E-state index in [0.29, 0.717) is 27.7 Å². The average Bonchev–Trinajstić information content (AvgIpc) is 2.74. The van der Waals surface area contributed by atoms with Crippen LogP contribution in [0.15, 0.2) is 45.6 Å². The number of carboxylic acids is 1. The van der Waals surface area contributed by atoms with Crippen LogP contribution in [0.3, 0.4) is 0 Å². The van der Waals surface area contributed by atoms with Crippen molar-refractivity contribution in [3.63, 3.8) is 0 Å². The summed E-state index contributed by atoms with van der Waals surface area (Å²) in [7, 11) is 0. The molecule has 3 aromatic rings. The highest BCUT2D eigenvalue weighted by molar-refractivity contribution is 5.87. The van der Waals surface area contributed by atoms with Crippen LogP contribution in [0.2, 0.25) is 0 Å². The summed E-state index contributed by atoms with van der Waals surface area (Å²) >= 11 is 0. The number of hydrogen-bond donors (Lipinski definition) is 2. The molecule has 156 valence electrons. The summed E-state index contributed by atoms with van der Waals surface area (Å²) in [4.78, 5) is 26.2. The van der Waals surface area contributed by atoms with Crippen molar-refractivity contribution in [3.8, 4) is 5.75 Å². The van der Waals surface area contributed by atoms with E-state index >= 15 is 0 Å². The summed E-state index contributed by atoms with van der Waals surface area (Å²) in [6, 6.07) is 10.1. The topological polar surface area (TPSA) is 91.0 Å². The van der Waals surface area contributed by atoms with Crippen molar-refractivity contribution in [3.05, 3.63) is 74.6 Å². The Labute approximate surface area is 174 Å². The molecule has 2 heterocycles. The number of phenolic OH excluding ortho intramolecular Hbond substituents is 1. The van der Waals surface area contributed by atoms with Gasteiger partial charge in [-0.05, 0) is 69.6 Å². The first-order valence-electron chi connectivity index (χ1n) is 10.2. The lowest BCUT2D eigenvalue weighted by Gasteiger charge is -2.32. The molecule has 1 aliphatic heterocycles. The van der Waals surface area contributed by atoms with Gasteiger partial charge in [-0.25, -0.2) is 4.79 Å².